The van der Waals surface area contributed by atoms with Crippen LogP contribution in [0.1, 0.15) is 17.3 Å². The Kier molecular flexibility index (Phi) is 6.17. The van der Waals surface area contributed by atoms with Gasteiger partial charge in [0.2, 0.25) is 0 Å². The second-order valence-corrected chi connectivity index (χ2v) is 7.07. The molecule has 0 aliphatic heterocycles. The Bertz CT molecular complexity index is 966. The minimum Gasteiger partial charge on any atom is -0.268 e. The van der Waals surface area contributed by atoms with Crippen LogP contribution in [0.3, 0.4) is 0 Å². The molecule has 0 heterocycles. The quantitative estimate of drug-likeness (QED) is 0.332. The molecule has 0 radical (unpaired) electrons. The number of hydrogen-bond donors (Lipinski definition) is 0. The van der Waals surface area contributed by atoms with Crippen molar-refractivity contribution in [2.24, 2.45) is 4.99 Å². The molecular formula is C21H15Cl3N2O. The summed E-state index contributed by atoms with van der Waals surface area (Å²) in [6.07, 6.45) is 0. The van der Waals surface area contributed by atoms with Crippen molar-refractivity contribution in [2.45, 2.75) is 6.92 Å². The zero-order chi connectivity index (χ0) is 19.4. The molecule has 3 aromatic carbocycles. The highest BCUT2D eigenvalue weighted by Gasteiger charge is 2.20. The molecule has 27 heavy (non-hydrogen) atoms. The SMILES string of the molecule is CC(=Nc1ccc(Cl)cc1)N(C(=O)c1ccc(Cl)cc1)c1ccc(Cl)cc1. The summed E-state index contributed by atoms with van der Waals surface area (Å²) in [5.41, 5.74) is 1.86. The smallest absolute Gasteiger partial charge is 0.263 e. The van der Waals surface area contributed by atoms with Crippen LogP contribution in [-0.2, 0) is 0 Å². The second-order valence-electron chi connectivity index (χ2n) is 5.76. The summed E-state index contributed by atoms with van der Waals surface area (Å²) in [6, 6.07) is 20.8. The van der Waals surface area contributed by atoms with Crippen LogP contribution in [0, 0.1) is 0 Å². The zero-order valence-electron chi connectivity index (χ0n) is 14.4. The monoisotopic (exact) mass is 416 g/mol. The molecule has 3 rings (SSSR count). The van der Waals surface area contributed by atoms with Crippen molar-refractivity contribution in [1.82, 2.24) is 0 Å². The van der Waals surface area contributed by atoms with Crippen LogP contribution in [0.15, 0.2) is 77.8 Å². The number of hydrogen-bond acceptors (Lipinski definition) is 2. The van der Waals surface area contributed by atoms with Gasteiger partial charge in [-0.25, -0.2) is 4.99 Å². The number of carbonyl (C=O) groups excluding carboxylic acids is 1. The van der Waals surface area contributed by atoms with E-state index in [-0.39, 0.29) is 5.91 Å². The first kappa shape index (κ1) is 19.4. The van der Waals surface area contributed by atoms with Gasteiger partial charge in [-0.15, -0.1) is 0 Å². The summed E-state index contributed by atoms with van der Waals surface area (Å²) < 4.78 is 0. The first-order chi connectivity index (χ1) is 12.9. The summed E-state index contributed by atoms with van der Waals surface area (Å²) >= 11 is 17.9. The molecule has 0 unspecified atom stereocenters. The van der Waals surface area contributed by atoms with E-state index in [9.17, 15) is 4.79 Å². The predicted molar refractivity (Wildman–Crippen MR) is 114 cm³/mol. The van der Waals surface area contributed by atoms with E-state index in [0.29, 0.717) is 37.8 Å². The lowest BCUT2D eigenvalue weighted by Gasteiger charge is -2.23. The van der Waals surface area contributed by atoms with E-state index in [0.717, 1.165) is 0 Å². The Balaban J connectivity index is 2.03. The number of nitrogens with zero attached hydrogens (tertiary/aromatic N) is 2. The normalized spacial score (nSPS) is 11.3. The number of carbonyl (C=O) groups is 1. The molecule has 0 N–H and O–H groups in total. The van der Waals surface area contributed by atoms with E-state index in [1.807, 2.05) is 0 Å². The average Bonchev–Trinajstić information content (AvgIpc) is 2.66. The summed E-state index contributed by atoms with van der Waals surface area (Å²) in [6.45, 7) is 1.77. The largest absolute Gasteiger partial charge is 0.268 e. The van der Waals surface area contributed by atoms with Gasteiger partial charge in [0, 0.05) is 20.6 Å². The number of benzene rings is 3. The Morgan fingerprint density at radius 1 is 0.741 bits per heavy atom. The number of anilines is 1. The first-order valence-electron chi connectivity index (χ1n) is 8.10. The van der Waals surface area contributed by atoms with E-state index in [4.69, 9.17) is 34.8 Å². The predicted octanol–water partition coefficient (Wildman–Crippen LogP) is 7.04. The van der Waals surface area contributed by atoms with Gasteiger partial charge in [-0.2, -0.15) is 0 Å². The molecular weight excluding hydrogens is 403 g/mol. The van der Waals surface area contributed by atoms with Crippen LogP contribution in [0.4, 0.5) is 11.4 Å². The molecule has 0 aliphatic rings. The molecule has 0 atom stereocenters. The molecule has 6 heteroatoms. The minimum atomic E-state index is -0.218. The van der Waals surface area contributed by atoms with Crippen molar-refractivity contribution < 1.29 is 4.79 Å². The fraction of sp³-hybridized carbons (Fsp3) is 0.0476. The molecule has 0 fully saturated rings. The third-order valence-corrected chi connectivity index (χ3v) is 4.58. The van der Waals surface area contributed by atoms with E-state index in [1.54, 1.807) is 79.7 Å². The summed E-state index contributed by atoms with van der Waals surface area (Å²) in [4.78, 5) is 19.3. The van der Waals surface area contributed by atoms with E-state index in [1.165, 1.54) is 4.90 Å². The maximum Gasteiger partial charge on any atom is 0.263 e. The van der Waals surface area contributed by atoms with Crippen LogP contribution in [0.25, 0.3) is 0 Å². The summed E-state index contributed by atoms with van der Waals surface area (Å²) in [7, 11) is 0. The van der Waals surface area contributed by atoms with Gasteiger partial charge in [-0.1, -0.05) is 34.8 Å². The molecule has 1 amide bonds. The summed E-state index contributed by atoms with van der Waals surface area (Å²) in [5.74, 6) is 0.295. The van der Waals surface area contributed by atoms with E-state index < -0.39 is 0 Å². The molecule has 3 nitrogen and oxygen atoms in total. The van der Waals surface area contributed by atoms with Crippen molar-refractivity contribution in [3.8, 4) is 0 Å². The summed E-state index contributed by atoms with van der Waals surface area (Å²) in [5, 5.41) is 1.78. The van der Waals surface area contributed by atoms with E-state index in [2.05, 4.69) is 4.99 Å². The lowest BCUT2D eigenvalue weighted by atomic mass is 10.1. The molecule has 0 spiro atoms. The zero-order valence-corrected chi connectivity index (χ0v) is 16.6. The second kappa shape index (κ2) is 8.57. The molecule has 0 saturated carbocycles. The Morgan fingerprint density at radius 3 is 1.70 bits per heavy atom. The highest BCUT2D eigenvalue weighted by Crippen LogP contribution is 2.24. The van der Waals surface area contributed by atoms with Crippen LogP contribution in [0.5, 0.6) is 0 Å². The van der Waals surface area contributed by atoms with Gasteiger partial charge in [0.15, 0.2) is 0 Å². The van der Waals surface area contributed by atoms with Gasteiger partial charge in [-0.05, 0) is 79.7 Å². The van der Waals surface area contributed by atoms with Gasteiger partial charge < -0.3 is 0 Å². The van der Waals surface area contributed by atoms with Gasteiger partial charge in [0.05, 0.1) is 11.4 Å². The van der Waals surface area contributed by atoms with Crippen LogP contribution in [-0.4, -0.2) is 11.7 Å². The highest BCUT2D eigenvalue weighted by molar-refractivity contribution is 6.31. The lowest BCUT2D eigenvalue weighted by molar-refractivity contribution is 0.100. The van der Waals surface area contributed by atoms with Crippen molar-refractivity contribution in [2.75, 3.05) is 4.90 Å². The van der Waals surface area contributed by atoms with Crippen LogP contribution in [0.2, 0.25) is 15.1 Å². The number of rotatable bonds is 3. The van der Waals surface area contributed by atoms with Gasteiger partial charge >= 0.3 is 0 Å². The Morgan fingerprint density at radius 2 is 1.19 bits per heavy atom. The van der Waals surface area contributed by atoms with Crippen molar-refractivity contribution in [1.29, 1.82) is 0 Å². The Hall–Kier alpha value is -2.33. The molecule has 0 aliphatic carbocycles. The van der Waals surface area contributed by atoms with Gasteiger partial charge in [-0.3, -0.25) is 9.69 Å². The van der Waals surface area contributed by atoms with Gasteiger partial charge in [0.1, 0.15) is 5.84 Å². The average molecular weight is 418 g/mol. The maximum atomic E-state index is 13.2. The lowest BCUT2D eigenvalue weighted by Crippen LogP contribution is -2.35. The standard InChI is InChI=1S/C21H15Cl3N2O/c1-14(25-19-10-6-17(23)7-11-19)26(20-12-8-18(24)9-13-20)21(27)15-2-4-16(22)5-3-15/h2-13H,1H3. The number of halogens is 3. The van der Waals surface area contributed by atoms with Crippen LogP contribution < -0.4 is 4.90 Å². The third kappa shape index (κ3) is 4.89. The fourth-order valence-electron chi connectivity index (χ4n) is 2.52. The number of amidine groups is 1. The Labute approximate surface area is 172 Å². The van der Waals surface area contributed by atoms with E-state index >= 15 is 0 Å². The molecule has 0 aromatic heterocycles. The minimum absolute atomic E-state index is 0.218. The first-order valence-corrected chi connectivity index (χ1v) is 9.24. The topological polar surface area (TPSA) is 32.7 Å². The van der Waals surface area contributed by atoms with Crippen molar-refractivity contribution in [3.63, 3.8) is 0 Å². The molecule has 0 saturated heterocycles. The van der Waals surface area contributed by atoms with Crippen molar-refractivity contribution in [3.05, 3.63) is 93.4 Å². The molecule has 3 aromatic rings. The number of amides is 1. The highest BCUT2D eigenvalue weighted by atomic mass is 35.5. The van der Waals surface area contributed by atoms with Crippen molar-refractivity contribution >= 4 is 57.9 Å². The molecule has 136 valence electrons. The van der Waals surface area contributed by atoms with Gasteiger partial charge in [0.25, 0.3) is 5.91 Å². The van der Waals surface area contributed by atoms with Crippen LogP contribution >= 0.6 is 34.8 Å². The third-order valence-electron chi connectivity index (χ3n) is 3.82. The number of aliphatic imine (C=N–C) groups is 1. The maximum absolute atomic E-state index is 13.2. The fourth-order valence-corrected chi connectivity index (χ4v) is 2.89. The molecule has 0 bridgehead atoms.